The number of hydrogen-bond acceptors (Lipinski definition) is 6. The Morgan fingerprint density at radius 2 is 2.00 bits per heavy atom. The second-order valence-electron chi connectivity index (χ2n) is 4.95. The van der Waals surface area contributed by atoms with Crippen LogP contribution in [0.2, 0.25) is 0 Å². The van der Waals surface area contributed by atoms with Gasteiger partial charge in [0.15, 0.2) is 0 Å². The maximum Gasteiger partial charge on any atom is 0.257 e. The molecule has 2 heterocycles. The van der Waals surface area contributed by atoms with Crippen molar-refractivity contribution in [2.45, 2.75) is 46.1 Å². The van der Waals surface area contributed by atoms with Gasteiger partial charge in [0.2, 0.25) is 11.9 Å². The molecule has 7 heteroatoms. The maximum atomic E-state index is 4.43. The monoisotopic (exact) mass is 289 g/mol. The first-order valence-electron chi connectivity index (χ1n) is 7.49. The van der Waals surface area contributed by atoms with E-state index in [1.807, 2.05) is 19.2 Å². The molecule has 0 aromatic carbocycles. The van der Waals surface area contributed by atoms with Crippen molar-refractivity contribution < 1.29 is 0 Å². The van der Waals surface area contributed by atoms with Crippen LogP contribution in [-0.2, 0) is 0 Å². The van der Waals surface area contributed by atoms with Crippen LogP contribution in [0.5, 0.6) is 0 Å². The number of aromatic nitrogens is 5. The Bertz CT molecular complexity index is 538. The molecule has 1 unspecified atom stereocenters. The average molecular weight is 289 g/mol. The van der Waals surface area contributed by atoms with Crippen molar-refractivity contribution in [2.75, 3.05) is 17.2 Å². The Labute approximate surface area is 125 Å². The van der Waals surface area contributed by atoms with Gasteiger partial charge in [-0.15, -0.1) is 0 Å². The second kappa shape index (κ2) is 7.56. The van der Waals surface area contributed by atoms with Crippen LogP contribution in [0.25, 0.3) is 5.95 Å². The molecule has 0 saturated heterocycles. The molecule has 0 bridgehead atoms. The average Bonchev–Trinajstić information content (AvgIpc) is 2.99. The van der Waals surface area contributed by atoms with Gasteiger partial charge in [0.1, 0.15) is 0 Å². The minimum absolute atomic E-state index is 0.326. The lowest BCUT2D eigenvalue weighted by Gasteiger charge is -2.14. The fraction of sp³-hybridized carbons (Fsp3) is 0.571. The van der Waals surface area contributed by atoms with Crippen LogP contribution in [0.3, 0.4) is 0 Å². The number of rotatable bonds is 8. The van der Waals surface area contributed by atoms with Gasteiger partial charge >= 0.3 is 0 Å². The molecular formula is C14H23N7. The van der Waals surface area contributed by atoms with Crippen molar-refractivity contribution in [3.63, 3.8) is 0 Å². The fourth-order valence-electron chi connectivity index (χ4n) is 1.96. The third kappa shape index (κ3) is 4.40. The SMILES string of the molecule is CCCCC(C)Nc1nc(NCC)nc(-n2cccn2)n1. The normalized spacial score (nSPS) is 12.1. The smallest absolute Gasteiger partial charge is 0.257 e. The number of nitrogens with zero attached hydrogens (tertiary/aromatic N) is 5. The molecule has 0 radical (unpaired) electrons. The molecule has 0 spiro atoms. The Kier molecular flexibility index (Phi) is 5.48. The topological polar surface area (TPSA) is 80.5 Å². The lowest BCUT2D eigenvalue weighted by Crippen LogP contribution is -2.19. The van der Waals surface area contributed by atoms with Gasteiger partial charge in [0, 0.05) is 25.0 Å². The molecule has 7 nitrogen and oxygen atoms in total. The van der Waals surface area contributed by atoms with Crippen molar-refractivity contribution in [3.8, 4) is 5.95 Å². The number of hydrogen-bond donors (Lipinski definition) is 2. The van der Waals surface area contributed by atoms with Crippen molar-refractivity contribution in [2.24, 2.45) is 0 Å². The molecule has 2 N–H and O–H groups in total. The van der Waals surface area contributed by atoms with Crippen LogP contribution < -0.4 is 10.6 Å². The number of unbranched alkanes of at least 4 members (excludes halogenated alkanes) is 1. The van der Waals surface area contributed by atoms with E-state index in [-0.39, 0.29) is 0 Å². The lowest BCUT2D eigenvalue weighted by molar-refractivity contribution is 0.639. The molecular weight excluding hydrogens is 266 g/mol. The highest BCUT2D eigenvalue weighted by molar-refractivity contribution is 5.38. The van der Waals surface area contributed by atoms with E-state index in [2.05, 4.69) is 44.5 Å². The van der Waals surface area contributed by atoms with Crippen LogP contribution in [0.1, 0.15) is 40.0 Å². The summed E-state index contributed by atoms with van der Waals surface area (Å²) in [5.41, 5.74) is 0. The van der Waals surface area contributed by atoms with Crippen molar-refractivity contribution in [1.82, 2.24) is 24.7 Å². The molecule has 0 aliphatic heterocycles. The van der Waals surface area contributed by atoms with Crippen LogP contribution in [-0.4, -0.2) is 37.3 Å². The molecule has 1 atom stereocenters. The molecule has 0 amide bonds. The maximum absolute atomic E-state index is 4.43. The van der Waals surface area contributed by atoms with E-state index >= 15 is 0 Å². The van der Waals surface area contributed by atoms with Gasteiger partial charge < -0.3 is 10.6 Å². The Balaban J connectivity index is 2.19. The summed E-state index contributed by atoms with van der Waals surface area (Å²) in [4.78, 5) is 13.2. The van der Waals surface area contributed by atoms with E-state index in [0.717, 1.165) is 13.0 Å². The molecule has 0 aliphatic carbocycles. The van der Waals surface area contributed by atoms with Gasteiger partial charge in [0.05, 0.1) is 0 Å². The molecule has 2 rings (SSSR count). The molecule has 21 heavy (non-hydrogen) atoms. The molecule has 2 aromatic rings. The van der Waals surface area contributed by atoms with Crippen LogP contribution in [0, 0.1) is 0 Å². The van der Waals surface area contributed by atoms with E-state index in [1.54, 1.807) is 10.9 Å². The first kappa shape index (κ1) is 15.2. The summed E-state index contributed by atoms with van der Waals surface area (Å²) in [6.45, 7) is 7.09. The summed E-state index contributed by atoms with van der Waals surface area (Å²) < 4.78 is 1.63. The zero-order valence-electron chi connectivity index (χ0n) is 12.9. The predicted octanol–water partition coefficient (Wildman–Crippen LogP) is 2.48. The predicted molar refractivity (Wildman–Crippen MR) is 83.7 cm³/mol. The van der Waals surface area contributed by atoms with Crippen LogP contribution in [0.15, 0.2) is 18.5 Å². The quantitative estimate of drug-likeness (QED) is 0.777. The standard InChI is InChI=1S/C14H23N7/c1-4-6-8-11(3)17-13-18-12(15-5-2)19-14(20-13)21-10-7-9-16-21/h7,9-11H,4-6,8H2,1-3H3,(H2,15,17,18,19,20). The molecule has 0 fully saturated rings. The molecule has 2 aromatic heterocycles. The second-order valence-corrected chi connectivity index (χ2v) is 4.95. The van der Waals surface area contributed by atoms with Crippen LogP contribution in [0.4, 0.5) is 11.9 Å². The first-order chi connectivity index (χ1) is 10.2. The molecule has 0 saturated carbocycles. The van der Waals surface area contributed by atoms with Gasteiger partial charge in [0.25, 0.3) is 5.95 Å². The van der Waals surface area contributed by atoms with Gasteiger partial charge in [-0.1, -0.05) is 19.8 Å². The summed E-state index contributed by atoms with van der Waals surface area (Å²) in [5, 5.41) is 10.6. The van der Waals surface area contributed by atoms with Crippen molar-refractivity contribution in [1.29, 1.82) is 0 Å². The molecule has 0 aliphatic rings. The largest absolute Gasteiger partial charge is 0.354 e. The zero-order chi connectivity index (χ0) is 15.1. The summed E-state index contributed by atoms with van der Waals surface area (Å²) in [7, 11) is 0. The Morgan fingerprint density at radius 3 is 2.67 bits per heavy atom. The highest BCUT2D eigenvalue weighted by atomic mass is 15.4. The van der Waals surface area contributed by atoms with Gasteiger partial charge in [-0.3, -0.25) is 0 Å². The highest BCUT2D eigenvalue weighted by Gasteiger charge is 2.10. The fourth-order valence-corrected chi connectivity index (χ4v) is 1.96. The minimum Gasteiger partial charge on any atom is -0.354 e. The summed E-state index contributed by atoms with van der Waals surface area (Å²) >= 11 is 0. The summed E-state index contributed by atoms with van der Waals surface area (Å²) in [6.07, 6.45) is 6.98. The van der Waals surface area contributed by atoms with Crippen molar-refractivity contribution in [3.05, 3.63) is 18.5 Å². The third-order valence-corrected chi connectivity index (χ3v) is 3.03. The van der Waals surface area contributed by atoms with Crippen LogP contribution >= 0.6 is 0 Å². The third-order valence-electron chi connectivity index (χ3n) is 3.03. The highest BCUT2D eigenvalue weighted by Crippen LogP contribution is 2.11. The van der Waals surface area contributed by atoms with E-state index < -0.39 is 0 Å². The summed E-state index contributed by atoms with van der Waals surface area (Å²) in [5.74, 6) is 1.65. The van der Waals surface area contributed by atoms with E-state index in [0.29, 0.717) is 23.9 Å². The molecule has 114 valence electrons. The van der Waals surface area contributed by atoms with E-state index in [4.69, 9.17) is 0 Å². The summed E-state index contributed by atoms with van der Waals surface area (Å²) in [6, 6.07) is 2.17. The Morgan fingerprint density at radius 1 is 1.19 bits per heavy atom. The Hall–Kier alpha value is -2.18. The van der Waals surface area contributed by atoms with Gasteiger partial charge in [-0.2, -0.15) is 20.1 Å². The lowest BCUT2D eigenvalue weighted by atomic mass is 10.1. The number of nitrogens with one attached hydrogen (secondary N) is 2. The van der Waals surface area contributed by atoms with E-state index in [9.17, 15) is 0 Å². The van der Waals surface area contributed by atoms with E-state index in [1.165, 1.54) is 12.8 Å². The van der Waals surface area contributed by atoms with Gasteiger partial charge in [-0.05, 0) is 26.3 Å². The zero-order valence-corrected chi connectivity index (χ0v) is 12.9. The van der Waals surface area contributed by atoms with Gasteiger partial charge in [-0.25, -0.2) is 4.68 Å². The minimum atomic E-state index is 0.326. The number of anilines is 2. The first-order valence-corrected chi connectivity index (χ1v) is 7.49. The van der Waals surface area contributed by atoms with Crippen molar-refractivity contribution >= 4 is 11.9 Å².